The van der Waals surface area contributed by atoms with Crippen molar-refractivity contribution in [2.24, 2.45) is 0 Å². The molecule has 1 heterocycles. The Morgan fingerprint density at radius 2 is 2.25 bits per heavy atom. The number of hydrogen-bond donors (Lipinski definition) is 0. The Hall–Kier alpha value is -1.09. The second-order valence-electron chi connectivity index (χ2n) is 2.45. The fourth-order valence-electron chi connectivity index (χ4n) is 1.11. The molecule has 0 fully saturated rings. The van der Waals surface area contributed by atoms with E-state index in [0.29, 0.717) is 5.56 Å². The standard InChI is InChI=1S/C9H5BrO2/c10-7-1-2-9-8(3-7)6(4-11)5-12-9/h1-5H. The number of hydrogen-bond acceptors (Lipinski definition) is 2. The predicted molar refractivity (Wildman–Crippen MR) is 49.3 cm³/mol. The van der Waals surface area contributed by atoms with E-state index in [0.717, 1.165) is 21.7 Å². The lowest BCUT2D eigenvalue weighted by Gasteiger charge is -1.89. The van der Waals surface area contributed by atoms with Crippen LogP contribution in [0.1, 0.15) is 10.4 Å². The van der Waals surface area contributed by atoms with Gasteiger partial charge in [-0.1, -0.05) is 15.9 Å². The maximum Gasteiger partial charge on any atom is 0.153 e. The minimum absolute atomic E-state index is 0.589. The van der Waals surface area contributed by atoms with Gasteiger partial charge >= 0.3 is 0 Å². The first-order valence-electron chi connectivity index (χ1n) is 3.43. The molecule has 1 aromatic heterocycles. The van der Waals surface area contributed by atoms with Crippen LogP contribution in [0.25, 0.3) is 11.0 Å². The smallest absolute Gasteiger partial charge is 0.153 e. The molecule has 0 amide bonds. The van der Waals surface area contributed by atoms with Gasteiger partial charge in [0.25, 0.3) is 0 Å². The number of carbonyl (C=O) groups excluding carboxylic acids is 1. The van der Waals surface area contributed by atoms with Gasteiger partial charge in [0.1, 0.15) is 11.8 Å². The van der Waals surface area contributed by atoms with E-state index in [-0.39, 0.29) is 0 Å². The zero-order chi connectivity index (χ0) is 8.55. The van der Waals surface area contributed by atoms with Crippen LogP contribution in [0.5, 0.6) is 0 Å². The highest BCUT2D eigenvalue weighted by Crippen LogP contribution is 2.23. The normalized spacial score (nSPS) is 10.4. The zero-order valence-electron chi connectivity index (χ0n) is 6.08. The van der Waals surface area contributed by atoms with Gasteiger partial charge in [-0.05, 0) is 18.2 Å². The molecular weight excluding hydrogens is 220 g/mol. The van der Waals surface area contributed by atoms with E-state index in [1.807, 2.05) is 18.2 Å². The lowest BCUT2D eigenvalue weighted by atomic mass is 10.2. The second kappa shape index (κ2) is 2.75. The van der Waals surface area contributed by atoms with Gasteiger partial charge in [-0.3, -0.25) is 4.79 Å². The molecule has 0 unspecified atom stereocenters. The van der Waals surface area contributed by atoms with E-state index in [2.05, 4.69) is 15.9 Å². The van der Waals surface area contributed by atoms with Crippen molar-refractivity contribution >= 4 is 33.2 Å². The molecule has 0 saturated heterocycles. The molecule has 0 aliphatic rings. The van der Waals surface area contributed by atoms with Crippen molar-refractivity contribution in [3.8, 4) is 0 Å². The number of benzene rings is 1. The van der Waals surface area contributed by atoms with Crippen molar-refractivity contribution < 1.29 is 9.21 Å². The van der Waals surface area contributed by atoms with Crippen molar-refractivity contribution in [1.82, 2.24) is 0 Å². The molecule has 0 atom stereocenters. The number of aldehydes is 1. The van der Waals surface area contributed by atoms with Crippen LogP contribution in [0.2, 0.25) is 0 Å². The summed E-state index contributed by atoms with van der Waals surface area (Å²) in [5.41, 5.74) is 1.33. The number of halogens is 1. The predicted octanol–water partition coefficient (Wildman–Crippen LogP) is 3.01. The van der Waals surface area contributed by atoms with Crippen LogP contribution in [0.15, 0.2) is 33.4 Å². The summed E-state index contributed by atoms with van der Waals surface area (Å²) in [5, 5.41) is 0.847. The summed E-state index contributed by atoms with van der Waals surface area (Å²) in [6.07, 6.45) is 2.25. The third-order valence-corrected chi connectivity index (χ3v) is 2.19. The molecule has 12 heavy (non-hydrogen) atoms. The summed E-state index contributed by atoms with van der Waals surface area (Å²) in [5.74, 6) is 0. The Balaban J connectivity index is 2.83. The average Bonchev–Trinajstić information content (AvgIpc) is 2.46. The molecule has 0 aliphatic carbocycles. The Morgan fingerprint density at radius 1 is 1.42 bits per heavy atom. The molecule has 2 rings (SSSR count). The summed E-state index contributed by atoms with van der Waals surface area (Å²) in [6, 6.07) is 5.56. The summed E-state index contributed by atoms with van der Waals surface area (Å²) in [7, 11) is 0. The minimum Gasteiger partial charge on any atom is -0.464 e. The van der Waals surface area contributed by atoms with E-state index in [1.165, 1.54) is 6.26 Å². The lowest BCUT2D eigenvalue weighted by Crippen LogP contribution is -1.73. The number of furan rings is 1. The molecule has 0 radical (unpaired) electrons. The summed E-state index contributed by atoms with van der Waals surface area (Å²) >= 11 is 3.32. The number of rotatable bonds is 1. The fourth-order valence-corrected chi connectivity index (χ4v) is 1.47. The number of carbonyl (C=O) groups is 1. The van der Waals surface area contributed by atoms with Gasteiger partial charge in [0, 0.05) is 9.86 Å². The average molecular weight is 225 g/mol. The van der Waals surface area contributed by atoms with Crippen LogP contribution in [-0.2, 0) is 0 Å². The van der Waals surface area contributed by atoms with Crippen LogP contribution < -0.4 is 0 Å². The van der Waals surface area contributed by atoms with E-state index >= 15 is 0 Å². The van der Waals surface area contributed by atoms with Crippen LogP contribution in [0, 0.1) is 0 Å². The molecule has 0 bridgehead atoms. The van der Waals surface area contributed by atoms with Gasteiger partial charge in [-0.2, -0.15) is 0 Å². The summed E-state index contributed by atoms with van der Waals surface area (Å²) < 4.78 is 6.09. The first-order valence-corrected chi connectivity index (χ1v) is 4.22. The topological polar surface area (TPSA) is 30.2 Å². The molecule has 1 aromatic carbocycles. The van der Waals surface area contributed by atoms with Crippen molar-refractivity contribution in [2.45, 2.75) is 0 Å². The SMILES string of the molecule is O=Cc1coc2ccc(Br)cc12. The highest BCUT2D eigenvalue weighted by molar-refractivity contribution is 9.10. The van der Waals surface area contributed by atoms with Crippen molar-refractivity contribution in [1.29, 1.82) is 0 Å². The van der Waals surface area contributed by atoms with Gasteiger partial charge in [0.2, 0.25) is 0 Å². The molecule has 0 spiro atoms. The largest absolute Gasteiger partial charge is 0.464 e. The van der Waals surface area contributed by atoms with Crippen LogP contribution in [-0.4, -0.2) is 6.29 Å². The van der Waals surface area contributed by atoms with Gasteiger partial charge in [0.05, 0.1) is 5.56 Å². The van der Waals surface area contributed by atoms with Crippen molar-refractivity contribution in [3.05, 3.63) is 34.5 Å². The first-order chi connectivity index (χ1) is 5.81. The number of fused-ring (bicyclic) bond motifs is 1. The molecule has 3 heteroatoms. The van der Waals surface area contributed by atoms with Crippen LogP contribution >= 0.6 is 15.9 Å². The van der Waals surface area contributed by atoms with Gasteiger partial charge < -0.3 is 4.42 Å². The maximum absolute atomic E-state index is 10.5. The van der Waals surface area contributed by atoms with Crippen LogP contribution in [0.3, 0.4) is 0 Å². The first kappa shape index (κ1) is 7.55. The lowest BCUT2D eigenvalue weighted by molar-refractivity contribution is 0.112. The third kappa shape index (κ3) is 1.06. The fraction of sp³-hybridized carbons (Fsp3) is 0. The van der Waals surface area contributed by atoms with Gasteiger partial charge in [-0.15, -0.1) is 0 Å². The van der Waals surface area contributed by atoms with E-state index in [1.54, 1.807) is 0 Å². The quantitative estimate of drug-likeness (QED) is 0.698. The highest BCUT2D eigenvalue weighted by Gasteiger charge is 2.03. The molecule has 0 saturated carbocycles. The van der Waals surface area contributed by atoms with Gasteiger partial charge in [-0.25, -0.2) is 0 Å². The van der Waals surface area contributed by atoms with Crippen LogP contribution in [0.4, 0.5) is 0 Å². The summed E-state index contributed by atoms with van der Waals surface area (Å²) in [4.78, 5) is 10.5. The Labute approximate surface area is 77.3 Å². The highest BCUT2D eigenvalue weighted by atomic mass is 79.9. The molecule has 2 aromatic rings. The van der Waals surface area contributed by atoms with Crippen molar-refractivity contribution in [3.63, 3.8) is 0 Å². The Morgan fingerprint density at radius 3 is 3.00 bits per heavy atom. The molecule has 0 aliphatic heterocycles. The molecule has 0 N–H and O–H groups in total. The maximum atomic E-state index is 10.5. The molecule has 60 valence electrons. The molecule has 2 nitrogen and oxygen atoms in total. The third-order valence-electron chi connectivity index (χ3n) is 1.69. The monoisotopic (exact) mass is 224 g/mol. The van der Waals surface area contributed by atoms with Crippen molar-refractivity contribution in [2.75, 3.05) is 0 Å². The minimum atomic E-state index is 0.589. The molecular formula is C9H5BrO2. The Bertz CT molecular complexity index is 431. The Kier molecular flexibility index (Phi) is 1.73. The van der Waals surface area contributed by atoms with E-state index in [9.17, 15) is 4.79 Å². The van der Waals surface area contributed by atoms with E-state index in [4.69, 9.17) is 4.42 Å². The summed E-state index contributed by atoms with van der Waals surface area (Å²) in [6.45, 7) is 0. The zero-order valence-corrected chi connectivity index (χ0v) is 7.67. The second-order valence-corrected chi connectivity index (χ2v) is 3.37. The van der Waals surface area contributed by atoms with E-state index < -0.39 is 0 Å². The van der Waals surface area contributed by atoms with Gasteiger partial charge in [0.15, 0.2) is 6.29 Å².